The van der Waals surface area contributed by atoms with E-state index in [0.29, 0.717) is 31.7 Å². The number of aromatic amines is 1. The Morgan fingerprint density at radius 2 is 2.06 bits per heavy atom. The number of carbonyl (C=O) groups is 1. The van der Waals surface area contributed by atoms with Crippen LogP contribution < -0.4 is 4.74 Å². The molecule has 1 aliphatic heterocycles. The van der Waals surface area contributed by atoms with Crippen LogP contribution in [0.25, 0.3) is 10.9 Å². The number of carboxylic acid groups (broad SMARTS) is 1. The van der Waals surface area contributed by atoms with Crippen molar-refractivity contribution in [1.82, 2.24) is 14.8 Å². The maximum Gasteiger partial charge on any atom is 0.390 e. The summed E-state index contributed by atoms with van der Waals surface area (Å²) in [4.78, 5) is 18.7. The molecule has 1 aliphatic rings. The number of nitrogens with one attached hydrogen (secondary N) is 1. The standard InChI is InChI=1S/C26H27F3N4O3/c1-16-11-23(36-2)21(20-5-7-31-24(16)20)14-33-10-9-32(8-6-26(27,28)29)15-22(33)17-3-4-19(25(34)35)18(12-17)13-30/h3-5,7,11-12,22,31H,6,8-10,14-15H2,1-2H3,(H,34,35). The lowest BCUT2D eigenvalue weighted by atomic mass is 9.96. The Labute approximate surface area is 206 Å². The first-order chi connectivity index (χ1) is 17.1. The van der Waals surface area contributed by atoms with E-state index < -0.39 is 18.6 Å². The predicted octanol–water partition coefficient (Wildman–Crippen LogP) is 4.87. The zero-order valence-corrected chi connectivity index (χ0v) is 20.0. The van der Waals surface area contributed by atoms with E-state index in [1.54, 1.807) is 18.1 Å². The zero-order valence-electron chi connectivity index (χ0n) is 20.0. The van der Waals surface area contributed by atoms with Gasteiger partial charge in [0.2, 0.25) is 0 Å². The van der Waals surface area contributed by atoms with Gasteiger partial charge in [0, 0.05) is 61.4 Å². The second kappa shape index (κ2) is 10.2. The summed E-state index contributed by atoms with van der Waals surface area (Å²) in [5.41, 5.74) is 3.58. The largest absolute Gasteiger partial charge is 0.496 e. The molecule has 7 nitrogen and oxygen atoms in total. The van der Waals surface area contributed by atoms with Gasteiger partial charge in [0.15, 0.2) is 0 Å². The fourth-order valence-corrected chi connectivity index (χ4v) is 4.90. The molecule has 190 valence electrons. The summed E-state index contributed by atoms with van der Waals surface area (Å²) in [5, 5.41) is 19.9. The van der Waals surface area contributed by atoms with Crippen molar-refractivity contribution in [2.45, 2.75) is 32.1 Å². The molecule has 36 heavy (non-hydrogen) atoms. The average Bonchev–Trinajstić information content (AvgIpc) is 3.34. The van der Waals surface area contributed by atoms with Gasteiger partial charge in [-0.2, -0.15) is 18.4 Å². The molecule has 0 saturated carbocycles. The van der Waals surface area contributed by atoms with Gasteiger partial charge in [-0.25, -0.2) is 4.79 Å². The summed E-state index contributed by atoms with van der Waals surface area (Å²) in [6, 6.07) is 10.1. The number of benzene rings is 2. The summed E-state index contributed by atoms with van der Waals surface area (Å²) in [5.74, 6) is -0.485. The number of rotatable bonds is 7. The van der Waals surface area contributed by atoms with Crippen molar-refractivity contribution in [1.29, 1.82) is 5.26 Å². The minimum atomic E-state index is -4.25. The summed E-state index contributed by atoms with van der Waals surface area (Å²) in [6.07, 6.45) is -3.30. The van der Waals surface area contributed by atoms with Gasteiger partial charge in [-0.3, -0.25) is 9.80 Å². The van der Waals surface area contributed by atoms with Gasteiger partial charge in [0.05, 0.1) is 24.7 Å². The zero-order chi connectivity index (χ0) is 26.0. The maximum absolute atomic E-state index is 12.9. The third kappa shape index (κ3) is 5.32. The predicted molar refractivity (Wildman–Crippen MR) is 128 cm³/mol. The van der Waals surface area contributed by atoms with Crippen molar-refractivity contribution in [3.8, 4) is 11.8 Å². The first-order valence-corrected chi connectivity index (χ1v) is 11.6. The van der Waals surface area contributed by atoms with E-state index >= 15 is 0 Å². The number of piperazine rings is 1. The van der Waals surface area contributed by atoms with E-state index in [4.69, 9.17) is 4.74 Å². The van der Waals surface area contributed by atoms with Crippen molar-refractivity contribution in [2.75, 3.05) is 33.3 Å². The van der Waals surface area contributed by atoms with Crippen molar-refractivity contribution in [2.24, 2.45) is 0 Å². The highest BCUT2D eigenvalue weighted by atomic mass is 19.4. The molecule has 1 saturated heterocycles. The Hall–Kier alpha value is -3.55. The molecule has 0 spiro atoms. The van der Waals surface area contributed by atoms with E-state index in [2.05, 4.69) is 9.88 Å². The number of nitrogens with zero attached hydrogens (tertiary/aromatic N) is 3. The van der Waals surface area contributed by atoms with Gasteiger partial charge < -0.3 is 14.8 Å². The van der Waals surface area contributed by atoms with Crippen LogP contribution in [0.3, 0.4) is 0 Å². The summed E-state index contributed by atoms with van der Waals surface area (Å²) >= 11 is 0. The van der Waals surface area contributed by atoms with Gasteiger partial charge in [-0.15, -0.1) is 0 Å². The van der Waals surface area contributed by atoms with E-state index in [1.165, 1.54) is 12.1 Å². The van der Waals surface area contributed by atoms with E-state index in [0.717, 1.165) is 27.8 Å². The molecule has 0 radical (unpaired) electrons. The molecule has 1 fully saturated rings. The number of alkyl halides is 3. The SMILES string of the molecule is COc1cc(C)c2[nH]ccc2c1CN1CCN(CCC(F)(F)F)CC1c1ccc(C(=O)O)c(C#N)c1. The Kier molecular flexibility index (Phi) is 7.24. The Bertz CT molecular complexity index is 1310. The highest BCUT2D eigenvalue weighted by Gasteiger charge is 2.33. The van der Waals surface area contributed by atoms with Crippen LogP contribution in [0.15, 0.2) is 36.5 Å². The van der Waals surface area contributed by atoms with Crippen molar-refractivity contribution >= 4 is 16.9 Å². The lowest BCUT2D eigenvalue weighted by Gasteiger charge is -2.42. The van der Waals surface area contributed by atoms with Crippen LogP contribution in [0.2, 0.25) is 0 Å². The molecule has 10 heteroatoms. The van der Waals surface area contributed by atoms with Gasteiger partial charge in [-0.1, -0.05) is 6.07 Å². The molecular weight excluding hydrogens is 473 g/mol. The Balaban J connectivity index is 1.71. The summed E-state index contributed by atoms with van der Waals surface area (Å²) < 4.78 is 44.4. The van der Waals surface area contributed by atoms with Crippen LogP contribution in [0.1, 0.15) is 45.1 Å². The number of halogens is 3. The number of ether oxygens (including phenoxy) is 1. The van der Waals surface area contributed by atoms with Crippen molar-refractivity contribution in [3.63, 3.8) is 0 Å². The Morgan fingerprint density at radius 1 is 1.28 bits per heavy atom. The monoisotopic (exact) mass is 500 g/mol. The molecule has 3 aromatic rings. The van der Waals surface area contributed by atoms with Gasteiger partial charge in [0.1, 0.15) is 11.8 Å². The molecular formula is C26H27F3N4O3. The molecule has 2 aromatic carbocycles. The topological polar surface area (TPSA) is 92.6 Å². The fourth-order valence-electron chi connectivity index (χ4n) is 4.90. The van der Waals surface area contributed by atoms with Crippen molar-refractivity contribution < 1.29 is 27.8 Å². The van der Waals surface area contributed by atoms with Crippen LogP contribution in [0, 0.1) is 18.3 Å². The van der Waals surface area contributed by atoms with Gasteiger partial charge in [-0.05, 0) is 42.3 Å². The number of nitriles is 1. The lowest BCUT2D eigenvalue weighted by Crippen LogP contribution is -2.48. The second-order valence-corrected chi connectivity index (χ2v) is 9.01. The van der Waals surface area contributed by atoms with Crippen LogP contribution in [-0.4, -0.2) is 65.3 Å². The number of hydrogen-bond donors (Lipinski definition) is 2. The second-order valence-electron chi connectivity index (χ2n) is 9.01. The van der Waals surface area contributed by atoms with Gasteiger partial charge >= 0.3 is 12.1 Å². The van der Waals surface area contributed by atoms with E-state index in [1.807, 2.05) is 31.3 Å². The minimum Gasteiger partial charge on any atom is -0.496 e. The number of fused-ring (bicyclic) bond motifs is 1. The molecule has 1 unspecified atom stereocenters. The summed E-state index contributed by atoms with van der Waals surface area (Å²) in [7, 11) is 1.60. The molecule has 2 heterocycles. The number of aromatic carboxylic acids is 1. The molecule has 0 aliphatic carbocycles. The highest BCUT2D eigenvalue weighted by Crippen LogP contribution is 2.35. The van der Waals surface area contributed by atoms with Crippen LogP contribution in [0.5, 0.6) is 5.75 Å². The molecule has 0 bridgehead atoms. The fraction of sp³-hybridized carbons (Fsp3) is 0.385. The molecule has 4 rings (SSSR count). The quantitative estimate of drug-likeness (QED) is 0.481. The van der Waals surface area contributed by atoms with Crippen LogP contribution >= 0.6 is 0 Å². The number of H-pyrrole nitrogens is 1. The molecule has 2 N–H and O–H groups in total. The summed E-state index contributed by atoms with van der Waals surface area (Å²) in [6.45, 7) is 3.60. The van der Waals surface area contributed by atoms with Gasteiger partial charge in [0.25, 0.3) is 0 Å². The van der Waals surface area contributed by atoms with E-state index in [-0.39, 0.29) is 23.7 Å². The third-order valence-corrected chi connectivity index (χ3v) is 6.76. The van der Waals surface area contributed by atoms with E-state index in [9.17, 15) is 28.3 Å². The molecule has 1 atom stereocenters. The Morgan fingerprint density at radius 3 is 2.72 bits per heavy atom. The lowest BCUT2D eigenvalue weighted by molar-refractivity contribution is -0.139. The maximum atomic E-state index is 12.9. The molecule has 1 aromatic heterocycles. The normalized spacial score (nSPS) is 17.3. The number of hydrogen-bond acceptors (Lipinski definition) is 5. The first-order valence-electron chi connectivity index (χ1n) is 11.6. The van der Waals surface area contributed by atoms with Crippen LogP contribution in [-0.2, 0) is 6.54 Å². The number of carboxylic acids is 1. The first kappa shape index (κ1) is 25.5. The van der Waals surface area contributed by atoms with Crippen molar-refractivity contribution in [3.05, 3.63) is 64.3 Å². The molecule has 0 amide bonds. The number of aromatic nitrogens is 1. The van der Waals surface area contributed by atoms with Crippen LogP contribution in [0.4, 0.5) is 13.2 Å². The third-order valence-electron chi connectivity index (χ3n) is 6.76. The smallest absolute Gasteiger partial charge is 0.390 e. The number of aryl methyl sites for hydroxylation is 1. The minimum absolute atomic E-state index is 0.0216. The number of methoxy groups -OCH3 is 1. The average molecular weight is 501 g/mol. The highest BCUT2D eigenvalue weighted by molar-refractivity contribution is 5.90.